The van der Waals surface area contributed by atoms with Crippen LogP contribution in [0.15, 0.2) is 42.5 Å². The van der Waals surface area contributed by atoms with Crippen molar-refractivity contribution in [3.63, 3.8) is 0 Å². The van der Waals surface area contributed by atoms with Gasteiger partial charge in [0.15, 0.2) is 0 Å². The van der Waals surface area contributed by atoms with E-state index in [0.717, 1.165) is 11.0 Å². The van der Waals surface area contributed by atoms with Gasteiger partial charge in [-0.3, -0.25) is 4.79 Å². The Morgan fingerprint density at radius 2 is 2.12 bits per heavy atom. The molecule has 5 nitrogen and oxygen atoms in total. The second-order valence-corrected chi connectivity index (χ2v) is 6.59. The summed E-state index contributed by atoms with van der Waals surface area (Å²) in [5, 5.41) is 2.85. The van der Waals surface area contributed by atoms with E-state index in [2.05, 4.69) is 29.1 Å². The third-order valence-corrected chi connectivity index (χ3v) is 3.79. The zero-order valence-corrected chi connectivity index (χ0v) is 14.9. The number of H-pyrrole nitrogens is 1. The van der Waals surface area contributed by atoms with Gasteiger partial charge in [0, 0.05) is 17.9 Å². The number of imidazole rings is 1. The van der Waals surface area contributed by atoms with Crippen molar-refractivity contribution in [1.29, 1.82) is 0 Å². The van der Waals surface area contributed by atoms with Gasteiger partial charge in [0.25, 0.3) is 0 Å². The molecule has 0 fully saturated rings. The Morgan fingerprint density at radius 3 is 2.88 bits per heavy atom. The highest BCUT2D eigenvalue weighted by Gasteiger charge is 2.08. The average Bonchev–Trinajstić information content (AvgIpc) is 3.02. The fourth-order valence-electron chi connectivity index (χ4n) is 2.57. The highest BCUT2D eigenvalue weighted by atomic mass is 19.1. The molecular formula is C20H22FN3O2. The summed E-state index contributed by atoms with van der Waals surface area (Å²) < 4.78 is 18.8. The van der Waals surface area contributed by atoms with E-state index in [1.807, 2.05) is 12.1 Å². The standard InChI is InChI=1S/C20H22FN3O2/c1-13(2)12-26-9-8-19(25)22-16-6-7-17-18(11-16)24-20(23-17)14-4-3-5-15(21)10-14/h3-7,10-11,13H,8-9,12H2,1-2H3,(H,22,25)(H,23,24). The third kappa shape index (κ3) is 4.67. The lowest BCUT2D eigenvalue weighted by molar-refractivity contribution is -0.117. The van der Waals surface area contributed by atoms with Crippen LogP contribution in [-0.2, 0) is 9.53 Å². The highest BCUT2D eigenvalue weighted by molar-refractivity contribution is 5.93. The minimum Gasteiger partial charge on any atom is -0.381 e. The number of rotatable bonds is 7. The van der Waals surface area contributed by atoms with Gasteiger partial charge < -0.3 is 15.0 Å². The first kappa shape index (κ1) is 18.1. The van der Waals surface area contributed by atoms with Crippen molar-refractivity contribution in [3.05, 3.63) is 48.3 Å². The molecule has 1 aromatic heterocycles. The molecule has 0 aliphatic heterocycles. The monoisotopic (exact) mass is 355 g/mol. The molecule has 0 aliphatic carbocycles. The van der Waals surface area contributed by atoms with Gasteiger partial charge in [0.2, 0.25) is 5.91 Å². The minimum atomic E-state index is -0.310. The first-order valence-electron chi connectivity index (χ1n) is 8.64. The molecule has 0 aliphatic rings. The van der Waals surface area contributed by atoms with Gasteiger partial charge in [-0.15, -0.1) is 0 Å². The van der Waals surface area contributed by atoms with Crippen molar-refractivity contribution >= 4 is 22.6 Å². The Bertz CT molecular complexity index is 905. The number of fused-ring (bicyclic) bond motifs is 1. The van der Waals surface area contributed by atoms with E-state index in [0.29, 0.717) is 42.6 Å². The number of nitrogens with zero attached hydrogens (tertiary/aromatic N) is 1. The number of carbonyl (C=O) groups excluding carboxylic acids is 1. The van der Waals surface area contributed by atoms with Crippen LogP contribution in [0.5, 0.6) is 0 Å². The fourth-order valence-corrected chi connectivity index (χ4v) is 2.57. The van der Waals surface area contributed by atoms with E-state index >= 15 is 0 Å². The van der Waals surface area contributed by atoms with Crippen molar-refractivity contribution in [2.75, 3.05) is 18.5 Å². The molecule has 3 aromatic rings. The number of hydrogen-bond donors (Lipinski definition) is 2. The van der Waals surface area contributed by atoms with Crippen LogP contribution in [0.1, 0.15) is 20.3 Å². The first-order chi connectivity index (χ1) is 12.5. The average molecular weight is 355 g/mol. The molecule has 2 N–H and O–H groups in total. The van der Waals surface area contributed by atoms with Crippen LogP contribution in [0.2, 0.25) is 0 Å². The quantitative estimate of drug-likeness (QED) is 0.619. The topological polar surface area (TPSA) is 67.0 Å². The predicted molar refractivity (Wildman–Crippen MR) is 100 cm³/mol. The number of halogens is 1. The number of amides is 1. The molecule has 0 spiro atoms. The maximum Gasteiger partial charge on any atom is 0.226 e. The Balaban J connectivity index is 1.66. The molecule has 0 bridgehead atoms. The van der Waals surface area contributed by atoms with Crippen molar-refractivity contribution in [3.8, 4) is 11.4 Å². The summed E-state index contributed by atoms with van der Waals surface area (Å²) in [5.41, 5.74) is 2.88. The Hall–Kier alpha value is -2.73. The largest absolute Gasteiger partial charge is 0.381 e. The number of anilines is 1. The number of aromatic amines is 1. The van der Waals surface area contributed by atoms with Gasteiger partial charge in [0.1, 0.15) is 11.6 Å². The zero-order valence-electron chi connectivity index (χ0n) is 14.9. The van der Waals surface area contributed by atoms with Gasteiger partial charge >= 0.3 is 0 Å². The first-order valence-corrected chi connectivity index (χ1v) is 8.64. The number of hydrogen-bond acceptors (Lipinski definition) is 3. The van der Waals surface area contributed by atoms with E-state index < -0.39 is 0 Å². The Kier molecular flexibility index (Phi) is 5.63. The second-order valence-electron chi connectivity index (χ2n) is 6.59. The summed E-state index contributed by atoms with van der Waals surface area (Å²) in [5.74, 6) is 0.631. The number of ether oxygens (including phenoxy) is 1. The fraction of sp³-hybridized carbons (Fsp3) is 0.300. The van der Waals surface area contributed by atoms with Crippen molar-refractivity contribution in [2.24, 2.45) is 5.92 Å². The molecule has 0 atom stereocenters. The lowest BCUT2D eigenvalue weighted by Gasteiger charge is -2.07. The number of aromatic nitrogens is 2. The molecule has 136 valence electrons. The van der Waals surface area contributed by atoms with Crippen LogP contribution in [0.4, 0.5) is 10.1 Å². The van der Waals surface area contributed by atoms with Gasteiger partial charge in [-0.2, -0.15) is 0 Å². The smallest absolute Gasteiger partial charge is 0.226 e. The van der Waals surface area contributed by atoms with Gasteiger partial charge in [-0.1, -0.05) is 26.0 Å². The molecule has 3 rings (SSSR count). The van der Waals surface area contributed by atoms with Crippen LogP contribution < -0.4 is 5.32 Å². The molecule has 0 saturated heterocycles. The van der Waals surface area contributed by atoms with Crippen molar-refractivity contribution in [1.82, 2.24) is 9.97 Å². The minimum absolute atomic E-state index is 0.0991. The zero-order chi connectivity index (χ0) is 18.5. The molecule has 0 radical (unpaired) electrons. The maximum absolute atomic E-state index is 13.4. The molecule has 0 unspecified atom stereocenters. The van der Waals surface area contributed by atoms with Crippen LogP contribution >= 0.6 is 0 Å². The van der Waals surface area contributed by atoms with Crippen LogP contribution in [0, 0.1) is 11.7 Å². The van der Waals surface area contributed by atoms with Crippen LogP contribution in [-0.4, -0.2) is 29.1 Å². The summed E-state index contributed by atoms with van der Waals surface area (Å²) in [7, 11) is 0. The van der Waals surface area contributed by atoms with E-state index in [4.69, 9.17) is 4.74 Å². The lowest BCUT2D eigenvalue weighted by Crippen LogP contribution is -2.15. The normalized spacial score (nSPS) is 11.2. The Morgan fingerprint density at radius 1 is 1.27 bits per heavy atom. The van der Waals surface area contributed by atoms with E-state index in [1.165, 1.54) is 12.1 Å². The maximum atomic E-state index is 13.4. The molecule has 6 heteroatoms. The van der Waals surface area contributed by atoms with Crippen LogP contribution in [0.3, 0.4) is 0 Å². The molecule has 1 heterocycles. The van der Waals surface area contributed by atoms with E-state index in [9.17, 15) is 9.18 Å². The van der Waals surface area contributed by atoms with Gasteiger partial charge in [0.05, 0.1) is 24.1 Å². The van der Waals surface area contributed by atoms with Crippen molar-refractivity contribution < 1.29 is 13.9 Å². The highest BCUT2D eigenvalue weighted by Crippen LogP contribution is 2.23. The lowest BCUT2D eigenvalue weighted by atomic mass is 10.2. The Labute approximate surface area is 151 Å². The summed E-state index contributed by atoms with van der Waals surface area (Å²) in [6, 6.07) is 11.7. The summed E-state index contributed by atoms with van der Waals surface area (Å²) >= 11 is 0. The van der Waals surface area contributed by atoms with E-state index in [-0.39, 0.29) is 11.7 Å². The van der Waals surface area contributed by atoms with Crippen molar-refractivity contribution in [2.45, 2.75) is 20.3 Å². The predicted octanol–water partition coefficient (Wildman–Crippen LogP) is 4.37. The molecule has 2 aromatic carbocycles. The van der Waals surface area contributed by atoms with Gasteiger partial charge in [-0.05, 0) is 36.2 Å². The summed E-state index contributed by atoms with van der Waals surface area (Å²) in [4.78, 5) is 19.6. The van der Waals surface area contributed by atoms with Gasteiger partial charge in [-0.25, -0.2) is 9.37 Å². The second kappa shape index (κ2) is 8.10. The number of carbonyl (C=O) groups is 1. The SMILES string of the molecule is CC(C)COCCC(=O)Nc1ccc2nc(-c3cccc(F)c3)[nH]c2c1. The van der Waals surface area contributed by atoms with E-state index in [1.54, 1.807) is 18.2 Å². The third-order valence-electron chi connectivity index (χ3n) is 3.79. The summed E-state index contributed by atoms with van der Waals surface area (Å²) in [6.07, 6.45) is 0.308. The summed E-state index contributed by atoms with van der Waals surface area (Å²) in [6.45, 7) is 5.19. The molecule has 0 saturated carbocycles. The number of benzene rings is 2. The molecular weight excluding hydrogens is 333 g/mol. The van der Waals surface area contributed by atoms with Crippen LogP contribution in [0.25, 0.3) is 22.4 Å². The molecule has 1 amide bonds. The number of nitrogens with one attached hydrogen (secondary N) is 2. The molecule has 26 heavy (non-hydrogen) atoms.